The van der Waals surface area contributed by atoms with E-state index in [1.165, 1.54) is 0 Å². The molecular formula is C12H18BrN3O2. The molecule has 1 aromatic rings. The summed E-state index contributed by atoms with van der Waals surface area (Å²) < 4.78 is 0.694. The first kappa shape index (κ1) is 14.9. The quantitative estimate of drug-likeness (QED) is 0.885. The molecule has 0 aromatic carbocycles. The van der Waals surface area contributed by atoms with Gasteiger partial charge < -0.3 is 15.7 Å². The normalized spacial score (nSPS) is 11.4. The van der Waals surface area contributed by atoms with E-state index in [9.17, 15) is 9.90 Å². The fourth-order valence-electron chi connectivity index (χ4n) is 1.59. The zero-order valence-corrected chi connectivity index (χ0v) is 12.4. The minimum absolute atomic E-state index is 0.192. The Balaban J connectivity index is 3.00. The molecule has 5 nitrogen and oxygen atoms in total. The number of amides is 1. The van der Waals surface area contributed by atoms with Gasteiger partial charge in [0, 0.05) is 23.8 Å². The molecule has 18 heavy (non-hydrogen) atoms. The largest absolute Gasteiger partial charge is 0.389 e. The Morgan fingerprint density at radius 2 is 2.22 bits per heavy atom. The maximum Gasteiger partial charge on any atom is 0.257 e. The molecule has 1 aromatic heterocycles. The van der Waals surface area contributed by atoms with Gasteiger partial charge in [0.05, 0.1) is 11.2 Å². The third kappa shape index (κ3) is 3.96. The minimum atomic E-state index is -0.945. The number of anilines is 1. The van der Waals surface area contributed by atoms with Crippen LogP contribution in [-0.4, -0.2) is 39.6 Å². The smallest absolute Gasteiger partial charge is 0.257 e. The number of likely N-dealkylation sites (N-methyl/N-ethyl adjacent to an activating group) is 1. The maximum atomic E-state index is 12.3. The van der Waals surface area contributed by atoms with Gasteiger partial charge in [-0.25, -0.2) is 4.98 Å². The average Bonchev–Trinajstić information content (AvgIpc) is 2.27. The second-order valence-corrected chi connectivity index (χ2v) is 5.63. The number of halogens is 1. The number of carbonyl (C=O) groups is 1. The van der Waals surface area contributed by atoms with Crippen molar-refractivity contribution in [3.63, 3.8) is 0 Å². The summed E-state index contributed by atoms with van der Waals surface area (Å²) in [6.07, 6.45) is 1.54. The first-order valence-corrected chi connectivity index (χ1v) is 6.46. The van der Waals surface area contributed by atoms with Gasteiger partial charge in [0.2, 0.25) is 0 Å². The van der Waals surface area contributed by atoms with Crippen LogP contribution in [0.1, 0.15) is 31.1 Å². The fraction of sp³-hybridized carbons (Fsp3) is 0.500. The summed E-state index contributed by atoms with van der Waals surface area (Å²) in [7, 11) is 0. The Morgan fingerprint density at radius 1 is 1.61 bits per heavy atom. The van der Waals surface area contributed by atoms with Gasteiger partial charge in [-0.15, -0.1) is 0 Å². The molecule has 0 unspecified atom stereocenters. The number of nitrogen functional groups attached to an aromatic ring is 1. The van der Waals surface area contributed by atoms with E-state index >= 15 is 0 Å². The Bertz CT molecular complexity index is 443. The molecule has 0 aliphatic rings. The maximum absolute atomic E-state index is 12.3. The number of aliphatic hydroxyl groups is 1. The lowest BCUT2D eigenvalue weighted by molar-refractivity contribution is 0.0315. The molecule has 0 fully saturated rings. The van der Waals surface area contributed by atoms with Crippen LogP contribution in [0.3, 0.4) is 0 Å². The van der Waals surface area contributed by atoms with E-state index in [0.717, 1.165) is 0 Å². The third-order valence-electron chi connectivity index (χ3n) is 2.36. The van der Waals surface area contributed by atoms with Crippen LogP contribution in [0, 0.1) is 0 Å². The summed E-state index contributed by atoms with van der Waals surface area (Å²) in [6.45, 7) is 5.91. The number of hydrogen-bond donors (Lipinski definition) is 2. The van der Waals surface area contributed by atoms with Crippen molar-refractivity contribution in [2.75, 3.05) is 18.8 Å². The lowest BCUT2D eigenvalue weighted by Gasteiger charge is -2.28. The van der Waals surface area contributed by atoms with Crippen LogP contribution in [0.15, 0.2) is 16.7 Å². The number of aromatic nitrogens is 1. The van der Waals surface area contributed by atoms with Gasteiger partial charge in [0.25, 0.3) is 5.91 Å². The molecule has 0 bridgehead atoms. The van der Waals surface area contributed by atoms with Crippen LogP contribution in [0.25, 0.3) is 0 Å². The highest BCUT2D eigenvalue weighted by atomic mass is 79.9. The van der Waals surface area contributed by atoms with Crippen LogP contribution in [0.2, 0.25) is 0 Å². The number of nitrogens with two attached hydrogens (primary N) is 1. The van der Waals surface area contributed by atoms with E-state index in [1.54, 1.807) is 31.0 Å². The Morgan fingerprint density at radius 3 is 2.72 bits per heavy atom. The van der Waals surface area contributed by atoms with Gasteiger partial charge >= 0.3 is 0 Å². The topological polar surface area (TPSA) is 79.5 Å². The SMILES string of the molecule is CCN(CC(C)(C)O)C(=O)c1cc(Br)cnc1N. The predicted octanol–water partition coefficient (Wildman–Crippen LogP) is 1.66. The molecule has 1 heterocycles. The number of hydrogen-bond acceptors (Lipinski definition) is 4. The standard InChI is InChI=1S/C12H18BrN3O2/c1-4-16(7-12(2,3)18)11(17)9-5-8(13)6-15-10(9)14/h5-6,18H,4,7H2,1-3H3,(H2,14,15). The monoisotopic (exact) mass is 315 g/mol. The zero-order chi connectivity index (χ0) is 13.9. The first-order valence-electron chi connectivity index (χ1n) is 5.67. The van der Waals surface area contributed by atoms with Gasteiger partial charge in [-0.1, -0.05) is 0 Å². The molecule has 0 saturated heterocycles. The molecule has 0 aliphatic heterocycles. The van der Waals surface area contributed by atoms with Crippen LogP contribution < -0.4 is 5.73 Å². The predicted molar refractivity (Wildman–Crippen MR) is 74.2 cm³/mol. The molecule has 0 radical (unpaired) electrons. The van der Waals surface area contributed by atoms with Crippen molar-refractivity contribution in [2.45, 2.75) is 26.4 Å². The molecule has 100 valence electrons. The lowest BCUT2D eigenvalue weighted by atomic mass is 10.1. The molecule has 6 heteroatoms. The van der Waals surface area contributed by atoms with Crippen molar-refractivity contribution in [2.24, 2.45) is 0 Å². The number of nitrogens with zero attached hydrogens (tertiary/aromatic N) is 2. The van der Waals surface area contributed by atoms with E-state index in [0.29, 0.717) is 16.6 Å². The van der Waals surface area contributed by atoms with Gasteiger partial charge in [0.15, 0.2) is 0 Å². The summed E-state index contributed by atoms with van der Waals surface area (Å²) in [6, 6.07) is 1.64. The molecule has 1 rings (SSSR count). The molecular weight excluding hydrogens is 298 g/mol. The second-order valence-electron chi connectivity index (χ2n) is 4.72. The molecule has 0 atom stereocenters. The third-order valence-corrected chi connectivity index (χ3v) is 2.80. The second kappa shape index (κ2) is 5.67. The van der Waals surface area contributed by atoms with Gasteiger partial charge in [0.1, 0.15) is 5.82 Å². The van der Waals surface area contributed by atoms with E-state index in [-0.39, 0.29) is 18.3 Å². The van der Waals surface area contributed by atoms with E-state index in [2.05, 4.69) is 20.9 Å². The Hall–Kier alpha value is -1.14. The lowest BCUT2D eigenvalue weighted by Crippen LogP contribution is -2.42. The van der Waals surface area contributed by atoms with Gasteiger partial charge in [-0.05, 0) is 42.8 Å². The summed E-state index contributed by atoms with van der Waals surface area (Å²) in [5, 5.41) is 9.79. The highest BCUT2D eigenvalue weighted by Gasteiger charge is 2.24. The van der Waals surface area contributed by atoms with E-state index in [4.69, 9.17) is 5.73 Å². The minimum Gasteiger partial charge on any atom is -0.389 e. The molecule has 1 amide bonds. The molecule has 3 N–H and O–H groups in total. The Kier molecular flexibility index (Phi) is 4.70. The van der Waals surface area contributed by atoms with Crippen molar-refractivity contribution >= 4 is 27.7 Å². The van der Waals surface area contributed by atoms with E-state index < -0.39 is 5.60 Å². The van der Waals surface area contributed by atoms with Crippen molar-refractivity contribution in [3.8, 4) is 0 Å². The van der Waals surface area contributed by atoms with Crippen molar-refractivity contribution in [1.82, 2.24) is 9.88 Å². The highest BCUT2D eigenvalue weighted by molar-refractivity contribution is 9.10. The van der Waals surface area contributed by atoms with Gasteiger partial charge in [-0.3, -0.25) is 4.79 Å². The van der Waals surface area contributed by atoms with Crippen LogP contribution in [0.5, 0.6) is 0 Å². The van der Waals surface area contributed by atoms with Crippen molar-refractivity contribution < 1.29 is 9.90 Å². The summed E-state index contributed by atoms with van der Waals surface area (Å²) in [5.74, 6) is -0.0386. The highest BCUT2D eigenvalue weighted by Crippen LogP contribution is 2.18. The molecule has 0 aliphatic carbocycles. The summed E-state index contributed by atoms with van der Waals surface area (Å²) in [5.41, 5.74) is 5.10. The van der Waals surface area contributed by atoms with Crippen molar-refractivity contribution in [1.29, 1.82) is 0 Å². The molecule has 0 saturated carbocycles. The van der Waals surface area contributed by atoms with Crippen LogP contribution in [0.4, 0.5) is 5.82 Å². The Labute approximate surface area is 115 Å². The van der Waals surface area contributed by atoms with E-state index in [1.807, 2.05) is 6.92 Å². The summed E-state index contributed by atoms with van der Waals surface area (Å²) in [4.78, 5) is 17.8. The first-order chi connectivity index (χ1) is 8.24. The number of carbonyl (C=O) groups excluding carboxylic acids is 1. The van der Waals surface area contributed by atoms with Gasteiger partial charge in [-0.2, -0.15) is 0 Å². The number of pyridine rings is 1. The zero-order valence-electron chi connectivity index (χ0n) is 10.8. The van der Waals surface area contributed by atoms with Crippen LogP contribution in [-0.2, 0) is 0 Å². The summed E-state index contributed by atoms with van der Waals surface area (Å²) >= 11 is 3.26. The van der Waals surface area contributed by atoms with Crippen LogP contribution >= 0.6 is 15.9 Å². The average molecular weight is 316 g/mol. The molecule has 0 spiro atoms. The fourth-order valence-corrected chi connectivity index (χ4v) is 1.92. The number of rotatable bonds is 4. The van der Waals surface area contributed by atoms with Crippen molar-refractivity contribution in [3.05, 3.63) is 22.3 Å².